The van der Waals surface area contributed by atoms with Crippen molar-refractivity contribution in [2.24, 2.45) is 0 Å². The lowest BCUT2D eigenvalue weighted by molar-refractivity contribution is -0.385. The first-order chi connectivity index (χ1) is 9.99. The number of rotatable bonds is 3. The van der Waals surface area contributed by atoms with Gasteiger partial charge in [-0.3, -0.25) is 35.5 Å². The average Bonchev–Trinajstić information content (AvgIpc) is 2.87. The minimum absolute atomic E-state index is 0.124. The van der Waals surface area contributed by atoms with Crippen molar-refractivity contribution in [3.63, 3.8) is 0 Å². The molecule has 0 aliphatic carbocycles. The van der Waals surface area contributed by atoms with Crippen molar-refractivity contribution in [2.75, 3.05) is 0 Å². The van der Waals surface area contributed by atoms with Crippen LogP contribution in [0.2, 0.25) is 0 Å². The highest BCUT2D eigenvalue weighted by Crippen LogP contribution is 2.27. The molecule has 0 spiro atoms. The molecular formula is C12H10N4O4S. The third kappa shape index (κ3) is 3.39. The molecular weight excluding hydrogens is 296 g/mol. The van der Waals surface area contributed by atoms with Crippen molar-refractivity contribution in [3.8, 4) is 0 Å². The summed E-state index contributed by atoms with van der Waals surface area (Å²) >= 11 is 0.978. The van der Waals surface area contributed by atoms with E-state index in [9.17, 15) is 19.7 Å². The van der Waals surface area contributed by atoms with Gasteiger partial charge < -0.3 is 0 Å². The summed E-state index contributed by atoms with van der Waals surface area (Å²) < 4.78 is 0. The fourth-order valence-corrected chi connectivity index (χ4v) is 2.38. The highest BCUT2D eigenvalue weighted by Gasteiger charge is 2.19. The number of nitrogens with one attached hydrogen (secondary N) is 2. The van der Waals surface area contributed by atoms with E-state index in [1.54, 1.807) is 19.1 Å². The minimum Gasteiger partial charge on any atom is -0.266 e. The molecule has 108 valence electrons. The van der Waals surface area contributed by atoms with Crippen molar-refractivity contribution >= 4 is 28.8 Å². The van der Waals surface area contributed by atoms with Crippen LogP contribution in [0.15, 0.2) is 30.5 Å². The van der Waals surface area contributed by atoms with Crippen LogP contribution in [0, 0.1) is 17.0 Å². The maximum Gasteiger partial charge on any atom is 0.288 e. The van der Waals surface area contributed by atoms with Gasteiger partial charge in [-0.25, -0.2) is 0 Å². The lowest BCUT2D eigenvalue weighted by Crippen LogP contribution is -2.41. The number of carbonyl (C=O) groups is 2. The Morgan fingerprint density at radius 3 is 2.57 bits per heavy atom. The van der Waals surface area contributed by atoms with Gasteiger partial charge >= 0.3 is 0 Å². The molecule has 0 unspecified atom stereocenters. The number of amides is 2. The molecule has 0 saturated carbocycles. The van der Waals surface area contributed by atoms with Crippen LogP contribution in [0.3, 0.4) is 0 Å². The number of hydrazine groups is 1. The second-order valence-electron chi connectivity index (χ2n) is 3.93. The fraction of sp³-hybridized carbons (Fsp3) is 0.0833. The predicted molar refractivity (Wildman–Crippen MR) is 74.9 cm³/mol. The molecule has 0 aliphatic rings. The van der Waals surface area contributed by atoms with Crippen LogP contribution in [0.4, 0.5) is 5.69 Å². The summed E-state index contributed by atoms with van der Waals surface area (Å²) in [4.78, 5) is 38.0. The maximum atomic E-state index is 11.8. The molecule has 9 heteroatoms. The number of pyridine rings is 1. The van der Waals surface area contributed by atoms with Gasteiger partial charge in [0.1, 0.15) is 10.6 Å². The minimum atomic E-state index is -0.625. The van der Waals surface area contributed by atoms with E-state index in [1.807, 2.05) is 0 Å². The molecule has 2 amide bonds. The molecule has 2 N–H and O–H groups in total. The lowest BCUT2D eigenvalue weighted by Gasteiger charge is -2.04. The molecule has 2 aromatic heterocycles. The summed E-state index contributed by atoms with van der Waals surface area (Å²) in [6.07, 6.45) is 1.45. The summed E-state index contributed by atoms with van der Waals surface area (Å²) in [6, 6.07) is 5.95. The van der Waals surface area contributed by atoms with E-state index in [1.165, 1.54) is 18.3 Å². The van der Waals surface area contributed by atoms with Crippen molar-refractivity contribution in [1.82, 2.24) is 15.8 Å². The zero-order valence-electron chi connectivity index (χ0n) is 10.8. The van der Waals surface area contributed by atoms with E-state index < -0.39 is 16.7 Å². The van der Waals surface area contributed by atoms with Gasteiger partial charge in [-0.2, -0.15) is 0 Å². The van der Waals surface area contributed by atoms with Gasteiger partial charge in [0.15, 0.2) is 0 Å². The molecule has 21 heavy (non-hydrogen) atoms. The zero-order chi connectivity index (χ0) is 15.4. The third-order valence-corrected chi connectivity index (χ3v) is 3.54. The van der Waals surface area contributed by atoms with Gasteiger partial charge in [-0.05, 0) is 19.1 Å². The van der Waals surface area contributed by atoms with Crippen LogP contribution in [-0.4, -0.2) is 21.7 Å². The zero-order valence-corrected chi connectivity index (χ0v) is 11.6. The van der Waals surface area contributed by atoms with Gasteiger partial charge in [-0.1, -0.05) is 6.07 Å². The number of thiophene rings is 1. The second kappa shape index (κ2) is 6.09. The van der Waals surface area contributed by atoms with Gasteiger partial charge in [-0.15, -0.1) is 11.3 Å². The number of aromatic nitrogens is 1. The number of hydrogen-bond acceptors (Lipinski definition) is 6. The Kier molecular flexibility index (Phi) is 4.24. The van der Waals surface area contributed by atoms with Crippen LogP contribution in [0.5, 0.6) is 0 Å². The molecule has 0 bridgehead atoms. The molecule has 8 nitrogen and oxygen atoms in total. The fourth-order valence-electron chi connectivity index (χ4n) is 1.50. The molecule has 0 fully saturated rings. The lowest BCUT2D eigenvalue weighted by atomic mass is 10.3. The largest absolute Gasteiger partial charge is 0.288 e. The number of hydrogen-bond donors (Lipinski definition) is 2. The summed E-state index contributed by atoms with van der Waals surface area (Å²) in [5, 5.41) is 10.7. The van der Waals surface area contributed by atoms with Crippen LogP contribution in [0.1, 0.15) is 25.0 Å². The number of aryl methyl sites for hydroxylation is 1. The van der Waals surface area contributed by atoms with Crippen molar-refractivity contribution < 1.29 is 14.5 Å². The molecule has 0 saturated heterocycles. The Hall–Kier alpha value is -2.81. The maximum absolute atomic E-state index is 11.8. The summed E-state index contributed by atoms with van der Waals surface area (Å²) in [7, 11) is 0. The van der Waals surface area contributed by atoms with E-state index in [4.69, 9.17) is 0 Å². The Morgan fingerprint density at radius 2 is 2.00 bits per heavy atom. The SMILES string of the molecule is Cc1sc(C(=O)NNC(=O)c2ccccn2)cc1[N+](=O)[O-]. The highest BCUT2D eigenvalue weighted by molar-refractivity contribution is 7.14. The molecule has 0 aromatic carbocycles. The quantitative estimate of drug-likeness (QED) is 0.657. The predicted octanol–water partition coefficient (Wildman–Crippen LogP) is 1.43. The molecule has 0 aliphatic heterocycles. The van der Waals surface area contributed by atoms with Crippen LogP contribution >= 0.6 is 11.3 Å². The molecule has 0 atom stereocenters. The third-order valence-electron chi connectivity index (χ3n) is 2.50. The summed E-state index contributed by atoms with van der Waals surface area (Å²) in [5.74, 6) is -1.20. The van der Waals surface area contributed by atoms with E-state index in [0.29, 0.717) is 4.88 Å². The normalized spacial score (nSPS) is 9.95. The Bertz CT molecular complexity index is 699. The topological polar surface area (TPSA) is 114 Å². The van der Waals surface area contributed by atoms with Gasteiger partial charge in [0.2, 0.25) is 0 Å². The smallest absolute Gasteiger partial charge is 0.266 e. The number of nitro groups is 1. The number of carbonyl (C=O) groups excluding carboxylic acids is 2. The van der Waals surface area contributed by atoms with Crippen molar-refractivity contribution in [3.05, 3.63) is 56.0 Å². The summed E-state index contributed by atoms with van der Waals surface area (Å²) in [6.45, 7) is 1.55. The monoisotopic (exact) mass is 306 g/mol. The van der Waals surface area contributed by atoms with Crippen LogP contribution in [-0.2, 0) is 0 Å². The Balaban J connectivity index is 2.01. The van der Waals surface area contributed by atoms with E-state index in [2.05, 4.69) is 15.8 Å². The molecule has 2 aromatic rings. The first kappa shape index (κ1) is 14.6. The average molecular weight is 306 g/mol. The van der Waals surface area contributed by atoms with E-state index >= 15 is 0 Å². The Labute approximate surface area is 122 Å². The first-order valence-electron chi connectivity index (χ1n) is 5.75. The summed E-state index contributed by atoms with van der Waals surface area (Å²) in [5.41, 5.74) is 4.40. The van der Waals surface area contributed by atoms with Crippen molar-refractivity contribution in [1.29, 1.82) is 0 Å². The van der Waals surface area contributed by atoms with Gasteiger partial charge in [0.05, 0.1) is 9.80 Å². The van der Waals surface area contributed by atoms with Crippen LogP contribution < -0.4 is 10.9 Å². The Morgan fingerprint density at radius 1 is 1.29 bits per heavy atom. The van der Waals surface area contributed by atoms with E-state index in [0.717, 1.165) is 11.3 Å². The molecule has 0 radical (unpaired) electrons. The second-order valence-corrected chi connectivity index (χ2v) is 5.19. The van der Waals surface area contributed by atoms with Gasteiger partial charge in [0, 0.05) is 12.3 Å². The van der Waals surface area contributed by atoms with E-state index in [-0.39, 0.29) is 16.3 Å². The van der Waals surface area contributed by atoms with Gasteiger partial charge in [0.25, 0.3) is 17.5 Å². The highest BCUT2D eigenvalue weighted by atomic mass is 32.1. The first-order valence-corrected chi connectivity index (χ1v) is 6.57. The standard InChI is InChI=1S/C12H10N4O4S/c1-7-9(16(19)20)6-10(21-7)12(18)15-14-11(17)8-4-2-3-5-13-8/h2-6H,1H3,(H,14,17)(H,15,18). The molecule has 2 heterocycles. The van der Waals surface area contributed by atoms with Crippen LogP contribution in [0.25, 0.3) is 0 Å². The van der Waals surface area contributed by atoms with Crippen molar-refractivity contribution in [2.45, 2.75) is 6.92 Å². The number of nitrogens with zero attached hydrogens (tertiary/aromatic N) is 2. The molecule has 2 rings (SSSR count).